The summed E-state index contributed by atoms with van der Waals surface area (Å²) in [5.74, 6) is 2.53. The van der Waals surface area contributed by atoms with Crippen LogP contribution in [0.15, 0.2) is 66.7 Å². The first kappa shape index (κ1) is 32.1. The summed E-state index contributed by atoms with van der Waals surface area (Å²) in [4.78, 5) is 22.7. The standard InChI is InChI=1S/C38H49N5O3/c1-29-30(2)43(17-6-16-40-21-19-39(3)20-22-40)37-14-13-35(28-36(29)37)46-33-11-9-32(10-12-33)38(44)42-25-23-41(24-26-42)18-15-31-7-5-8-34(27-31)45-4/h5,7-14,27-28H,6,15-26H2,1-4H3. The highest BCUT2D eigenvalue weighted by Gasteiger charge is 2.22. The first-order chi connectivity index (χ1) is 22.4. The van der Waals surface area contributed by atoms with E-state index in [-0.39, 0.29) is 5.91 Å². The van der Waals surface area contributed by atoms with Crippen molar-refractivity contribution >= 4 is 16.8 Å². The van der Waals surface area contributed by atoms with Crippen molar-refractivity contribution in [2.45, 2.75) is 33.2 Å². The van der Waals surface area contributed by atoms with Crippen LogP contribution in [0.4, 0.5) is 0 Å². The van der Waals surface area contributed by atoms with Gasteiger partial charge < -0.3 is 28.7 Å². The number of carbonyl (C=O) groups excluding carboxylic acids is 1. The Labute approximate surface area is 274 Å². The van der Waals surface area contributed by atoms with E-state index in [1.807, 2.05) is 41.3 Å². The van der Waals surface area contributed by atoms with Crippen molar-refractivity contribution in [1.82, 2.24) is 24.2 Å². The van der Waals surface area contributed by atoms with Crippen molar-refractivity contribution in [3.8, 4) is 17.2 Å². The van der Waals surface area contributed by atoms with Gasteiger partial charge in [0.15, 0.2) is 0 Å². The number of benzene rings is 3. The number of ether oxygens (including phenoxy) is 2. The monoisotopic (exact) mass is 623 g/mol. The topological polar surface area (TPSA) is 53.4 Å². The van der Waals surface area contributed by atoms with Crippen molar-refractivity contribution in [3.63, 3.8) is 0 Å². The molecule has 1 aromatic heterocycles. The zero-order valence-electron chi connectivity index (χ0n) is 28.0. The second-order valence-corrected chi connectivity index (χ2v) is 12.9. The van der Waals surface area contributed by atoms with Gasteiger partial charge in [-0.1, -0.05) is 12.1 Å². The van der Waals surface area contributed by atoms with E-state index in [2.05, 4.69) is 70.5 Å². The van der Waals surface area contributed by atoms with Crippen molar-refractivity contribution in [3.05, 3.63) is 89.1 Å². The normalized spacial score (nSPS) is 16.7. The summed E-state index contributed by atoms with van der Waals surface area (Å²) in [6.07, 6.45) is 2.12. The van der Waals surface area contributed by atoms with E-state index in [1.165, 1.54) is 40.8 Å². The summed E-state index contributed by atoms with van der Waals surface area (Å²) in [6, 6.07) is 22.2. The number of nitrogens with zero attached hydrogens (tertiary/aromatic N) is 5. The second-order valence-electron chi connectivity index (χ2n) is 12.9. The molecule has 0 unspecified atom stereocenters. The molecule has 4 aromatic rings. The Balaban J connectivity index is 1.00. The molecule has 6 rings (SSSR count). The zero-order chi connectivity index (χ0) is 32.0. The van der Waals surface area contributed by atoms with E-state index < -0.39 is 0 Å². The fourth-order valence-electron chi connectivity index (χ4n) is 6.78. The first-order valence-electron chi connectivity index (χ1n) is 16.8. The van der Waals surface area contributed by atoms with Crippen molar-refractivity contribution in [2.75, 3.05) is 79.6 Å². The summed E-state index contributed by atoms with van der Waals surface area (Å²) >= 11 is 0. The largest absolute Gasteiger partial charge is 0.497 e. The number of fused-ring (bicyclic) bond motifs is 1. The van der Waals surface area contributed by atoms with Gasteiger partial charge in [0.1, 0.15) is 17.2 Å². The Morgan fingerprint density at radius 2 is 1.43 bits per heavy atom. The highest BCUT2D eigenvalue weighted by molar-refractivity contribution is 5.94. The number of likely N-dealkylation sites (N-methyl/N-ethyl adjacent to an activating group) is 1. The predicted molar refractivity (Wildman–Crippen MR) is 186 cm³/mol. The van der Waals surface area contributed by atoms with E-state index >= 15 is 0 Å². The minimum atomic E-state index is 0.0838. The van der Waals surface area contributed by atoms with E-state index in [1.54, 1.807) is 7.11 Å². The Morgan fingerprint density at radius 3 is 2.17 bits per heavy atom. The molecule has 0 saturated carbocycles. The van der Waals surface area contributed by atoms with Crippen molar-refractivity contribution in [1.29, 1.82) is 0 Å². The number of hydrogen-bond donors (Lipinski definition) is 0. The summed E-state index contributed by atoms with van der Waals surface area (Å²) in [6.45, 7) is 15.5. The van der Waals surface area contributed by atoms with Crippen LogP contribution < -0.4 is 9.47 Å². The number of amides is 1. The average Bonchev–Trinajstić information content (AvgIpc) is 3.33. The number of hydrogen-bond acceptors (Lipinski definition) is 6. The smallest absolute Gasteiger partial charge is 0.253 e. The van der Waals surface area contributed by atoms with Crippen LogP contribution >= 0.6 is 0 Å². The Hall–Kier alpha value is -3.85. The number of aromatic nitrogens is 1. The predicted octanol–water partition coefficient (Wildman–Crippen LogP) is 5.70. The minimum Gasteiger partial charge on any atom is -0.497 e. The lowest BCUT2D eigenvalue weighted by Gasteiger charge is -2.34. The molecule has 0 spiro atoms. The van der Waals surface area contributed by atoms with Gasteiger partial charge in [0.2, 0.25) is 0 Å². The van der Waals surface area contributed by atoms with E-state index in [0.29, 0.717) is 5.56 Å². The van der Waals surface area contributed by atoms with Crippen LogP contribution in [0.2, 0.25) is 0 Å². The van der Waals surface area contributed by atoms with E-state index in [0.717, 1.165) is 89.0 Å². The minimum absolute atomic E-state index is 0.0838. The van der Waals surface area contributed by atoms with Gasteiger partial charge in [0.25, 0.3) is 5.91 Å². The molecule has 0 atom stereocenters. The van der Waals surface area contributed by atoms with Crippen LogP contribution in [-0.2, 0) is 13.0 Å². The Kier molecular flexibility index (Phi) is 10.3. The third kappa shape index (κ3) is 7.57. The lowest BCUT2D eigenvalue weighted by atomic mass is 10.1. The van der Waals surface area contributed by atoms with Crippen molar-refractivity contribution in [2.24, 2.45) is 0 Å². The van der Waals surface area contributed by atoms with Crippen LogP contribution in [0.25, 0.3) is 10.9 Å². The molecule has 0 aliphatic carbocycles. The molecule has 244 valence electrons. The van der Waals surface area contributed by atoms with E-state index in [9.17, 15) is 4.79 Å². The van der Waals surface area contributed by atoms with Gasteiger partial charge in [0.05, 0.1) is 7.11 Å². The molecule has 1 amide bonds. The maximum absolute atomic E-state index is 13.3. The molecule has 0 N–H and O–H groups in total. The fourth-order valence-corrected chi connectivity index (χ4v) is 6.78. The summed E-state index contributed by atoms with van der Waals surface area (Å²) in [5, 5.41) is 1.24. The Morgan fingerprint density at radius 1 is 0.739 bits per heavy atom. The van der Waals surface area contributed by atoms with Crippen LogP contribution in [0.1, 0.15) is 33.6 Å². The molecule has 8 nitrogen and oxygen atoms in total. The van der Waals surface area contributed by atoms with E-state index in [4.69, 9.17) is 9.47 Å². The van der Waals surface area contributed by atoms with Crippen molar-refractivity contribution < 1.29 is 14.3 Å². The number of piperazine rings is 2. The molecule has 2 aliphatic heterocycles. The molecule has 8 heteroatoms. The van der Waals surface area contributed by atoms with Gasteiger partial charge in [-0.25, -0.2) is 0 Å². The van der Waals surface area contributed by atoms with Crippen LogP contribution in [0.3, 0.4) is 0 Å². The SMILES string of the molecule is COc1cccc(CCN2CCN(C(=O)c3ccc(Oc4ccc5c(c4)c(C)c(C)n5CCCN4CCN(C)CC4)cc3)CC2)c1. The van der Waals surface area contributed by atoms with Gasteiger partial charge in [-0.15, -0.1) is 0 Å². The summed E-state index contributed by atoms with van der Waals surface area (Å²) in [7, 11) is 3.91. The quantitative estimate of drug-likeness (QED) is 0.214. The van der Waals surface area contributed by atoms with Gasteiger partial charge >= 0.3 is 0 Å². The molecular weight excluding hydrogens is 574 g/mol. The Bertz CT molecular complexity index is 1620. The maximum atomic E-state index is 13.3. The molecule has 2 aliphatic rings. The number of aryl methyl sites for hydroxylation is 2. The summed E-state index contributed by atoms with van der Waals surface area (Å²) < 4.78 is 14.1. The molecule has 3 heterocycles. The molecule has 2 fully saturated rings. The zero-order valence-corrected chi connectivity index (χ0v) is 28.0. The third-order valence-electron chi connectivity index (χ3n) is 9.91. The highest BCUT2D eigenvalue weighted by Crippen LogP contribution is 2.31. The molecule has 0 radical (unpaired) electrons. The third-order valence-corrected chi connectivity index (χ3v) is 9.91. The van der Waals surface area contributed by atoms with Crippen LogP contribution in [-0.4, -0.2) is 110 Å². The van der Waals surface area contributed by atoms with Gasteiger partial charge in [0, 0.05) is 87.6 Å². The highest BCUT2D eigenvalue weighted by atomic mass is 16.5. The van der Waals surface area contributed by atoms with Crippen LogP contribution in [0.5, 0.6) is 17.2 Å². The molecule has 2 saturated heterocycles. The van der Waals surface area contributed by atoms with Gasteiger partial charge in [-0.05, 0) is 106 Å². The molecule has 46 heavy (non-hydrogen) atoms. The number of carbonyl (C=O) groups is 1. The lowest BCUT2D eigenvalue weighted by molar-refractivity contribution is 0.0638. The molecule has 0 bridgehead atoms. The van der Waals surface area contributed by atoms with Gasteiger partial charge in [-0.2, -0.15) is 0 Å². The number of methoxy groups -OCH3 is 1. The maximum Gasteiger partial charge on any atom is 0.253 e. The summed E-state index contributed by atoms with van der Waals surface area (Å²) in [5.41, 5.74) is 5.87. The van der Waals surface area contributed by atoms with Crippen LogP contribution in [0, 0.1) is 13.8 Å². The number of rotatable bonds is 11. The molecule has 3 aromatic carbocycles. The first-order valence-corrected chi connectivity index (χ1v) is 16.8. The average molecular weight is 624 g/mol. The van der Waals surface area contributed by atoms with Gasteiger partial charge in [-0.3, -0.25) is 9.69 Å². The second kappa shape index (κ2) is 14.7. The fraction of sp³-hybridized carbons (Fsp3) is 0.447. The lowest BCUT2D eigenvalue weighted by Crippen LogP contribution is -2.49. The molecular formula is C38H49N5O3.